The molecule has 0 unspecified atom stereocenters. The van der Waals surface area contributed by atoms with Crippen molar-refractivity contribution in [1.29, 1.82) is 0 Å². The maximum atomic E-state index is 13.6. The van der Waals surface area contributed by atoms with Gasteiger partial charge in [0, 0.05) is 50.0 Å². The highest BCUT2D eigenvalue weighted by Crippen LogP contribution is 2.33. The van der Waals surface area contributed by atoms with Crippen molar-refractivity contribution in [3.05, 3.63) is 60.5 Å². The Morgan fingerprint density at radius 2 is 1.94 bits per heavy atom. The van der Waals surface area contributed by atoms with E-state index in [-0.39, 0.29) is 5.82 Å². The molecule has 1 aromatic carbocycles. The molecule has 0 spiro atoms. The van der Waals surface area contributed by atoms with Crippen LogP contribution in [0.5, 0.6) is 0 Å². The van der Waals surface area contributed by atoms with Crippen LogP contribution in [0.15, 0.2) is 54.7 Å². The Bertz CT molecular complexity index is 1220. The van der Waals surface area contributed by atoms with Crippen LogP contribution in [-0.4, -0.2) is 52.3 Å². The fourth-order valence-electron chi connectivity index (χ4n) is 4.02. The Labute approximate surface area is 180 Å². The monoisotopic (exact) mass is 417 g/mol. The van der Waals surface area contributed by atoms with Gasteiger partial charge in [0.05, 0.1) is 5.69 Å². The van der Waals surface area contributed by atoms with Crippen LogP contribution < -0.4 is 15.5 Å². The zero-order valence-corrected chi connectivity index (χ0v) is 17.5. The predicted molar refractivity (Wildman–Crippen MR) is 121 cm³/mol. The summed E-state index contributed by atoms with van der Waals surface area (Å²) >= 11 is 0. The molecule has 1 aliphatic heterocycles. The number of aromatic nitrogens is 4. The average molecular weight is 417 g/mol. The minimum atomic E-state index is -0.274. The van der Waals surface area contributed by atoms with E-state index in [4.69, 9.17) is 10.1 Å². The third-order valence-corrected chi connectivity index (χ3v) is 5.56. The first-order valence-electron chi connectivity index (χ1n) is 10.4. The molecule has 4 aromatic rings. The summed E-state index contributed by atoms with van der Waals surface area (Å²) in [6.07, 6.45) is 1.76. The van der Waals surface area contributed by atoms with Crippen LogP contribution in [0.3, 0.4) is 0 Å². The summed E-state index contributed by atoms with van der Waals surface area (Å²) in [5.41, 5.74) is 4.12. The lowest BCUT2D eigenvalue weighted by Crippen LogP contribution is -2.49. The Morgan fingerprint density at radius 3 is 2.71 bits per heavy atom. The number of imidazole rings is 1. The maximum Gasteiger partial charge on any atom is 0.155 e. The van der Waals surface area contributed by atoms with Gasteiger partial charge in [-0.3, -0.25) is 0 Å². The van der Waals surface area contributed by atoms with Crippen molar-refractivity contribution in [2.75, 3.05) is 36.9 Å². The molecule has 1 atom stereocenters. The van der Waals surface area contributed by atoms with Gasteiger partial charge in [0.15, 0.2) is 5.65 Å². The van der Waals surface area contributed by atoms with Gasteiger partial charge in [-0.2, -0.15) is 0 Å². The Hall–Kier alpha value is -3.52. The van der Waals surface area contributed by atoms with Crippen molar-refractivity contribution in [3.63, 3.8) is 0 Å². The quantitative estimate of drug-likeness (QED) is 0.530. The second-order valence-corrected chi connectivity index (χ2v) is 7.76. The fourth-order valence-corrected chi connectivity index (χ4v) is 4.02. The smallest absolute Gasteiger partial charge is 0.155 e. The van der Waals surface area contributed by atoms with Gasteiger partial charge in [-0.25, -0.2) is 18.9 Å². The summed E-state index contributed by atoms with van der Waals surface area (Å²) in [5, 5.41) is 11.5. The SMILES string of the molecule is CNc1cc(-c2c(-c3ccc(F)cc3)nc3ccc(N4CCN[C@H](C)C4)nn23)ccn1. The molecule has 0 amide bonds. The van der Waals surface area contributed by atoms with Gasteiger partial charge < -0.3 is 15.5 Å². The van der Waals surface area contributed by atoms with Gasteiger partial charge in [-0.15, -0.1) is 5.10 Å². The van der Waals surface area contributed by atoms with Gasteiger partial charge in [-0.1, -0.05) is 0 Å². The van der Waals surface area contributed by atoms with E-state index in [0.717, 1.165) is 59.4 Å². The second kappa shape index (κ2) is 7.96. The first kappa shape index (κ1) is 19.4. The zero-order valence-electron chi connectivity index (χ0n) is 17.5. The highest BCUT2D eigenvalue weighted by molar-refractivity contribution is 5.82. The minimum absolute atomic E-state index is 0.274. The van der Waals surface area contributed by atoms with E-state index >= 15 is 0 Å². The van der Waals surface area contributed by atoms with Crippen molar-refractivity contribution in [2.24, 2.45) is 0 Å². The van der Waals surface area contributed by atoms with Gasteiger partial charge in [0.2, 0.25) is 0 Å². The van der Waals surface area contributed by atoms with Gasteiger partial charge >= 0.3 is 0 Å². The standard InChI is InChI=1S/C23H24FN7/c1-15-14-30(12-11-26-15)21-8-7-20-28-22(16-3-5-18(24)6-4-16)23(31(20)29-21)17-9-10-27-19(13-17)25-2/h3-10,13,15,26H,11-12,14H2,1-2H3,(H,25,27)/t15-/m1/s1. The van der Waals surface area contributed by atoms with Crippen LogP contribution >= 0.6 is 0 Å². The van der Waals surface area contributed by atoms with Crippen LogP contribution in [0.1, 0.15) is 6.92 Å². The predicted octanol–water partition coefficient (Wildman–Crippen LogP) is 3.44. The first-order chi connectivity index (χ1) is 15.1. The lowest BCUT2D eigenvalue weighted by atomic mass is 10.1. The van der Waals surface area contributed by atoms with Crippen molar-refractivity contribution >= 4 is 17.3 Å². The van der Waals surface area contributed by atoms with Crippen LogP contribution in [-0.2, 0) is 0 Å². The number of rotatable bonds is 4. The molecule has 0 bridgehead atoms. The van der Waals surface area contributed by atoms with Gasteiger partial charge in [0.1, 0.15) is 23.1 Å². The molecule has 0 radical (unpaired) electrons. The zero-order chi connectivity index (χ0) is 21.4. The number of nitrogens with one attached hydrogen (secondary N) is 2. The van der Waals surface area contributed by atoms with Crippen molar-refractivity contribution in [1.82, 2.24) is 24.9 Å². The Morgan fingerprint density at radius 1 is 1.10 bits per heavy atom. The van der Waals surface area contributed by atoms with E-state index in [2.05, 4.69) is 27.4 Å². The molecule has 4 heterocycles. The normalized spacial score (nSPS) is 16.6. The summed E-state index contributed by atoms with van der Waals surface area (Å²) in [6.45, 7) is 4.90. The van der Waals surface area contributed by atoms with E-state index in [0.29, 0.717) is 6.04 Å². The molecule has 0 aliphatic carbocycles. The topological polar surface area (TPSA) is 70.4 Å². The van der Waals surface area contributed by atoms with E-state index in [9.17, 15) is 4.39 Å². The number of hydrogen-bond donors (Lipinski definition) is 2. The summed E-state index contributed by atoms with van der Waals surface area (Å²) in [7, 11) is 1.84. The summed E-state index contributed by atoms with van der Waals surface area (Å²) in [5.74, 6) is 1.39. The van der Waals surface area contributed by atoms with Crippen molar-refractivity contribution < 1.29 is 4.39 Å². The Balaban J connectivity index is 1.71. The van der Waals surface area contributed by atoms with Crippen LogP contribution in [0.25, 0.3) is 28.2 Å². The third-order valence-electron chi connectivity index (χ3n) is 5.56. The largest absolute Gasteiger partial charge is 0.373 e. The summed E-state index contributed by atoms with van der Waals surface area (Å²) in [4.78, 5) is 11.5. The van der Waals surface area contributed by atoms with E-state index < -0.39 is 0 Å². The summed E-state index contributed by atoms with van der Waals surface area (Å²) in [6, 6.07) is 14.7. The Kier molecular flexibility index (Phi) is 4.99. The minimum Gasteiger partial charge on any atom is -0.373 e. The molecule has 1 fully saturated rings. The number of halogens is 1. The fraction of sp³-hybridized carbons (Fsp3) is 0.261. The molecule has 1 aliphatic rings. The number of hydrogen-bond acceptors (Lipinski definition) is 6. The molecule has 2 N–H and O–H groups in total. The van der Waals surface area contributed by atoms with E-state index in [1.807, 2.05) is 35.8 Å². The third kappa shape index (κ3) is 3.70. The molecule has 3 aromatic heterocycles. The molecule has 5 rings (SSSR count). The second-order valence-electron chi connectivity index (χ2n) is 7.76. The molecule has 8 heteroatoms. The number of nitrogens with zero attached hydrogens (tertiary/aromatic N) is 5. The molecule has 1 saturated heterocycles. The lowest BCUT2D eigenvalue weighted by Gasteiger charge is -2.32. The molecular formula is C23H24FN7. The molecular weight excluding hydrogens is 393 g/mol. The highest BCUT2D eigenvalue weighted by atomic mass is 19.1. The number of fused-ring (bicyclic) bond motifs is 1. The highest BCUT2D eigenvalue weighted by Gasteiger charge is 2.21. The van der Waals surface area contributed by atoms with Gasteiger partial charge in [0.25, 0.3) is 0 Å². The van der Waals surface area contributed by atoms with E-state index in [1.165, 1.54) is 12.1 Å². The van der Waals surface area contributed by atoms with E-state index in [1.54, 1.807) is 18.3 Å². The number of pyridine rings is 1. The molecule has 158 valence electrons. The number of benzene rings is 1. The first-order valence-corrected chi connectivity index (χ1v) is 10.4. The van der Waals surface area contributed by atoms with Crippen molar-refractivity contribution in [3.8, 4) is 22.5 Å². The number of piperazine rings is 1. The maximum absolute atomic E-state index is 13.6. The number of anilines is 2. The van der Waals surface area contributed by atoms with Crippen molar-refractivity contribution in [2.45, 2.75) is 13.0 Å². The average Bonchev–Trinajstić information content (AvgIpc) is 3.18. The van der Waals surface area contributed by atoms with Gasteiger partial charge in [-0.05, 0) is 55.5 Å². The molecule has 31 heavy (non-hydrogen) atoms. The summed E-state index contributed by atoms with van der Waals surface area (Å²) < 4.78 is 15.4. The lowest BCUT2D eigenvalue weighted by molar-refractivity contribution is 0.481. The molecule has 7 nitrogen and oxygen atoms in total. The van der Waals surface area contributed by atoms with Crippen LogP contribution in [0, 0.1) is 5.82 Å². The van der Waals surface area contributed by atoms with Crippen LogP contribution in [0.4, 0.5) is 16.0 Å². The molecule has 0 saturated carbocycles. The van der Waals surface area contributed by atoms with Crippen LogP contribution in [0.2, 0.25) is 0 Å².